The lowest BCUT2D eigenvalue weighted by Crippen LogP contribution is -2.40. The summed E-state index contributed by atoms with van der Waals surface area (Å²) in [6.07, 6.45) is 1.36. The predicted octanol–water partition coefficient (Wildman–Crippen LogP) is 0.0851. The van der Waals surface area contributed by atoms with E-state index in [-0.39, 0.29) is 19.3 Å². The summed E-state index contributed by atoms with van der Waals surface area (Å²) < 4.78 is 4.37. The van der Waals surface area contributed by atoms with Crippen LogP contribution in [0.1, 0.15) is 19.3 Å². The van der Waals surface area contributed by atoms with E-state index in [1.807, 2.05) is 0 Å². The van der Waals surface area contributed by atoms with E-state index in [0.29, 0.717) is 0 Å². The molecule has 16 heavy (non-hydrogen) atoms. The Labute approximate surface area is 93.3 Å². The summed E-state index contributed by atoms with van der Waals surface area (Å²) in [5.41, 5.74) is 0. The van der Waals surface area contributed by atoms with E-state index < -0.39 is 23.9 Å². The lowest BCUT2D eigenvalue weighted by atomic mass is 10.1. The molecular weight excluding hydrogens is 214 g/mol. The van der Waals surface area contributed by atoms with Gasteiger partial charge in [0.2, 0.25) is 5.91 Å². The zero-order valence-corrected chi connectivity index (χ0v) is 9.06. The molecule has 0 aromatic rings. The van der Waals surface area contributed by atoms with Gasteiger partial charge in [-0.15, -0.1) is 6.58 Å². The number of ether oxygens (including phenoxy) is 1. The lowest BCUT2D eigenvalue weighted by molar-refractivity contribution is -0.144. The number of carbonyl (C=O) groups excluding carboxylic acids is 2. The summed E-state index contributed by atoms with van der Waals surface area (Å²) in [5, 5.41) is 11.1. The molecule has 0 unspecified atom stereocenters. The van der Waals surface area contributed by atoms with Crippen LogP contribution in [0.15, 0.2) is 12.7 Å². The molecule has 0 aromatic heterocycles. The second kappa shape index (κ2) is 7.44. The minimum atomic E-state index is -1.18. The smallest absolute Gasteiger partial charge is 0.326 e. The summed E-state index contributed by atoms with van der Waals surface area (Å²) in [6.45, 7) is 3.36. The molecule has 0 saturated heterocycles. The van der Waals surface area contributed by atoms with Gasteiger partial charge in [-0.1, -0.05) is 6.08 Å². The standard InChI is InChI=1S/C10H15NO5/c1-3-4-8(12)11-7(10(14)15)5-6-9(13)16-2/h3,7H,1,4-6H2,2H3,(H,11,12)(H,14,15)/t7-/m0/s1. The first-order chi connectivity index (χ1) is 7.51. The summed E-state index contributed by atoms with van der Waals surface area (Å²) >= 11 is 0. The highest BCUT2D eigenvalue weighted by Gasteiger charge is 2.20. The minimum absolute atomic E-state index is 0.00485. The fourth-order valence-corrected chi connectivity index (χ4v) is 1.01. The maximum atomic E-state index is 11.1. The van der Waals surface area contributed by atoms with Crippen LogP contribution >= 0.6 is 0 Å². The Balaban J connectivity index is 4.17. The maximum Gasteiger partial charge on any atom is 0.326 e. The lowest BCUT2D eigenvalue weighted by Gasteiger charge is -2.12. The van der Waals surface area contributed by atoms with Crippen molar-refractivity contribution in [2.75, 3.05) is 7.11 Å². The molecule has 0 aliphatic rings. The van der Waals surface area contributed by atoms with Crippen molar-refractivity contribution >= 4 is 17.8 Å². The van der Waals surface area contributed by atoms with Crippen molar-refractivity contribution in [1.82, 2.24) is 5.32 Å². The third-order valence-corrected chi connectivity index (χ3v) is 1.83. The fourth-order valence-electron chi connectivity index (χ4n) is 1.01. The average Bonchev–Trinajstić information content (AvgIpc) is 2.23. The van der Waals surface area contributed by atoms with Gasteiger partial charge < -0.3 is 15.2 Å². The summed E-state index contributed by atoms with van der Waals surface area (Å²) in [4.78, 5) is 32.7. The highest BCUT2D eigenvalue weighted by molar-refractivity contribution is 5.84. The maximum absolute atomic E-state index is 11.1. The van der Waals surface area contributed by atoms with Crippen molar-refractivity contribution in [2.24, 2.45) is 0 Å². The number of hydrogen-bond donors (Lipinski definition) is 2. The summed E-state index contributed by atoms with van der Waals surface area (Å²) in [7, 11) is 1.22. The SMILES string of the molecule is C=CCC(=O)N[C@@H](CCC(=O)OC)C(=O)O. The first kappa shape index (κ1) is 14.2. The summed E-state index contributed by atoms with van der Waals surface area (Å²) in [5.74, 6) is -2.13. The second-order valence-electron chi connectivity index (χ2n) is 3.07. The number of carbonyl (C=O) groups is 3. The number of amides is 1. The minimum Gasteiger partial charge on any atom is -0.480 e. The molecule has 0 heterocycles. The van der Waals surface area contributed by atoms with Crippen LogP contribution in [0.3, 0.4) is 0 Å². The molecule has 0 spiro atoms. The average molecular weight is 229 g/mol. The fraction of sp³-hybridized carbons (Fsp3) is 0.500. The first-order valence-corrected chi connectivity index (χ1v) is 4.71. The molecule has 2 N–H and O–H groups in total. The van der Waals surface area contributed by atoms with Gasteiger partial charge >= 0.3 is 11.9 Å². The monoisotopic (exact) mass is 229 g/mol. The molecule has 0 rings (SSSR count). The Morgan fingerprint density at radius 2 is 2.12 bits per heavy atom. The van der Waals surface area contributed by atoms with E-state index in [1.165, 1.54) is 13.2 Å². The van der Waals surface area contributed by atoms with Gasteiger partial charge in [0.05, 0.1) is 7.11 Å². The number of nitrogens with one attached hydrogen (secondary N) is 1. The van der Waals surface area contributed by atoms with Crippen LogP contribution in [-0.2, 0) is 19.1 Å². The van der Waals surface area contributed by atoms with Crippen LogP contribution in [-0.4, -0.2) is 36.1 Å². The van der Waals surface area contributed by atoms with E-state index in [2.05, 4.69) is 16.6 Å². The number of carboxylic acids is 1. The van der Waals surface area contributed by atoms with E-state index >= 15 is 0 Å². The van der Waals surface area contributed by atoms with Crippen molar-refractivity contribution in [3.8, 4) is 0 Å². The van der Waals surface area contributed by atoms with Crippen molar-refractivity contribution in [2.45, 2.75) is 25.3 Å². The molecular formula is C10H15NO5. The largest absolute Gasteiger partial charge is 0.480 e. The van der Waals surface area contributed by atoms with Gasteiger partial charge in [-0.3, -0.25) is 9.59 Å². The Morgan fingerprint density at radius 1 is 1.50 bits per heavy atom. The third kappa shape index (κ3) is 5.79. The number of aliphatic carboxylic acids is 1. The van der Waals surface area contributed by atoms with Gasteiger partial charge in [0.25, 0.3) is 0 Å². The van der Waals surface area contributed by atoms with E-state index in [0.717, 1.165) is 0 Å². The summed E-state index contributed by atoms with van der Waals surface area (Å²) in [6, 6.07) is -1.08. The number of carboxylic acid groups (broad SMARTS) is 1. The van der Waals surface area contributed by atoms with Gasteiger partial charge in [0.1, 0.15) is 6.04 Å². The molecule has 0 aliphatic carbocycles. The Bertz CT molecular complexity index is 287. The molecule has 0 aliphatic heterocycles. The topological polar surface area (TPSA) is 92.7 Å². The van der Waals surface area contributed by atoms with Crippen LogP contribution in [0.25, 0.3) is 0 Å². The molecule has 1 atom stereocenters. The molecule has 0 saturated carbocycles. The van der Waals surface area contributed by atoms with E-state index in [9.17, 15) is 14.4 Å². The van der Waals surface area contributed by atoms with Gasteiger partial charge in [0.15, 0.2) is 0 Å². The van der Waals surface area contributed by atoms with Crippen molar-refractivity contribution in [3.63, 3.8) is 0 Å². The van der Waals surface area contributed by atoms with Crippen molar-refractivity contribution in [3.05, 3.63) is 12.7 Å². The molecule has 0 fully saturated rings. The number of hydrogen-bond acceptors (Lipinski definition) is 4. The van der Waals surface area contributed by atoms with Gasteiger partial charge in [-0.05, 0) is 6.42 Å². The van der Waals surface area contributed by atoms with Crippen LogP contribution in [0, 0.1) is 0 Å². The zero-order valence-electron chi connectivity index (χ0n) is 9.06. The van der Waals surface area contributed by atoms with Crippen LogP contribution in [0.4, 0.5) is 0 Å². The highest BCUT2D eigenvalue weighted by atomic mass is 16.5. The normalized spacial score (nSPS) is 11.3. The quantitative estimate of drug-likeness (QED) is 0.476. The molecule has 6 heteroatoms. The van der Waals surface area contributed by atoms with Crippen LogP contribution < -0.4 is 5.32 Å². The first-order valence-electron chi connectivity index (χ1n) is 4.71. The second-order valence-corrected chi connectivity index (χ2v) is 3.07. The van der Waals surface area contributed by atoms with Gasteiger partial charge in [-0.25, -0.2) is 4.79 Å². The van der Waals surface area contributed by atoms with E-state index in [4.69, 9.17) is 5.11 Å². The number of esters is 1. The van der Waals surface area contributed by atoms with Crippen LogP contribution in [0.2, 0.25) is 0 Å². The Kier molecular flexibility index (Phi) is 6.58. The number of methoxy groups -OCH3 is 1. The third-order valence-electron chi connectivity index (χ3n) is 1.83. The van der Waals surface area contributed by atoms with E-state index in [1.54, 1.807) is 0 Å². The van der Waals surface area contributed by atoms with Gasteiger partial charge in [0, 0.05) is 12.8 Å². The van der Waals surface area contributed by atoms with Gasteiger partial charge in [-0.2, -0.15) is 0 Å². The van der Waals surface area contributed by atoms with Crippen molar-refractivity contribution in [1.29, 1.82) is 0 Å². The molecule has 0 bridgehead atoms. The number of rotatable bonds is 7. The Hall–Kier alpha value is -1.85. The Morgan fingerprint density at radius 3 is 2.56 bits per heavy atom. The highest BCUT2D eigenvalue weighted by Crippen LogP contribution is 2.00. The van der Waals surface area contributed by atoms with Crippen molar-refractivity contribution < 1.29 is 24.2 Å². The van der Waals surface area contributed by atoms with Crippen LogP contribution in [0.5, 0.6) is 0 Å². The predicted molar refractivity (Wildman–Crippen MR) is 55.6 cm³/mol. The molecule has 0 aromatic carbocycles. The molecule has 6 nitrogen and oxygen atoms in total. The molecule has 0 radical (unpaired) electrons. The molecule has 1 amide bonds. The zero-order chi connectivity index (χ0) is 12.6. The molecule has 90 valence electrons.